The van der Waals surface area contributed by atoms with E-state index in [2.05, 4.69) is 15.5 Å². The van der Waals surface area contributed by atoms with Gasteiger partial charge in [-0.05, 0) is 12.1 Å². The Labute approximate surface area is 122 Å². The maximum Gasteiger partial charge on any atom is 0.239 e. The fourth-order valence-electron chi connectivity index (χ4n) is 2.05. The van der Waals surface area contributed by atoms with Crippen molar-refractivity contribution in [3.05, 3.63) is 29.8 Å². The average Bonchev–Trinajstić information content (AvgIpc) is 2.47. The first-order valence-corrected chi connectivity index (χ1v) is 6.91. The Hall–Kier alpha value is -1.73. The van der Waals surface area contributed by atoms with Crippen LogP contribution in [0.3, 0.4) is 0 Å². The van der Waals surface area contributed by atoms with Crippen LogP contribution in [0.4, 0.5) is 14.5 Å². The number of benzene rings is 1. The number of rotatable bonds is 6. The molecule has 1 heterocycles. The number of anilines is 1. The second-order valence-corrected chi connectivity index (χ2v) is 4.78. The van der Waals surface area contributed by atoms with Crippen LogP contribution < -0.4 is 10.6 Å². The number of morpholine rings is 1. The van der Waals surface area contributed by atoms with Gasteiger partial charge in [0.2, 0.25) is 5.91 Å². The zero-order valence-electron chi connectivity index (χ0n) is 11.7. The van der Waals surface area contributed by atoms with Crippen molar-refractivity contribution >= 4 is 11.6 Å². The Kier molecular flexibility index (Phi) is 5.89. The summed E-state index contributed by atoms with van der Waals surface area (Å²) in [6.07, 6.45) is 0. The number of hydrogen-bond acceptors (Lipinski definition) is 4. The summed E-state index contributed by atoms with van der Waals surface area (Å²) in [4.78, 5) is 13.8. The van der Waals surface area contributed by atoms with Gasteiger partial charge in [-0.25, -0.2) is 8.78 Å². The maximum absolute atomic E-state index is 13.3. The zero-order chi connectivity index (χ0) is 15.1. The van der Waals surface area contributed by atoms with Crippen molar-refractivity contribution in [1.29, 1.82) is 0 Å². The minimum Gasteiger partial charge on any atom is -0.379 e. The summed E-state index contributed by atoms with van der Waals surface area (Å²) in [5.74, 6) is -1.59. The molecule has 0 aromatic heterocycles. The van der Waals surface area contributed by atoms with Crippen LogP contribution in [0.1, 0.15) is 0 Å². The zero-order valence-corrected chi connectivity index (χ0v) is 11.7. The third-order valence-electron chi connectivity index (χ3n) is 3.22. The van der Waals surface area contributed by atoms with Crippen molar-refractivity contribution in [1.82, 2.24) is 10.2 Å². The normalized spacial score (nSPS) is 15.7. The van der Waals surface area contributed by atoms with Gasteiger partial charge in [-0.2, -0.15) is 0 Å². The molecule has 1 fully saturated rings. The second kappa shape index (κ2) is 7.90. The number of carbonyl (C=O) groups is 1. The molecule has 2 rings (SSSR count). The first-order chi connectivity index (χ1) is 10.1. The standard InChI is InChI=1S/C14H19F2N3O2/c15-11-1-2-13(12(16)9-11)18-10-14(20)17-3-4-19-5-7-21-8-6-19/h1-2,9,18H,3-8,10H2,(H,17,20). The van der Waals surface area contributed by atoms with Crippen LogP contribution in [0.2, 0.25) is 0 Å². The van der Waals surface area contributed by atoms with Gasteiger partial charge in [-0.1, -0.05) is 0 Å². The molecule has 0 saturated carbocycles. The SMILES string of the molecule is O=C(CNc1ccc(F)cc1F)NCCN1CCOCC1. The third kappa shape index (κ3) is 5.28. The molecular formula is C14H19F2N3O2. The lowest BCUT2D eigenvalue weighted by Crippen LogP contribution is -2.42. The van der Waals surface area contributed by atoms with Crippen LogP contribution in [0.25, 0.3) is 0 Å². The molecule has 0 spiro atoms. The Morgan fingerprint density at radius 2 is 2.05 bits per heavy atom. The molecular weight excluding hydrogens is 280 g/mol. The summed E-state index contributed by atoms with van der Waals surface area (Å²) >= 11 is 0. The summed E-state index contributed by atoms with van der Waals surface area (Å²) in [7, 11) is 0. The fraction of sp³-hybridized carbons (Fsp3) is 0.500. The van der Waals surface area contributed by atoms with Crippen LogP contribution in [-0.2, 0) is 9.53 Å². The summed E-state index contributed by atoms with van der Waals surface area (Å²) in [5, 5.41) is 5.39. The summed E-state index contributed by atoms with van der Waals surface area (Å²) < 4.78 is 31.3. The van der Waals surface area contributed by atoms with E-state index >= 15 is 0 Å². The lowest BCUT2D eigenvalue weighted by atomic mass is 10.3. The van der Waals surface area contributed by atoms with E-state index in [-0.39, 0.29) is 18.1 Å². The second-order valence-electron chi connectivity index (χ2n) is 4.78. The van der Waals surface area contributed by atoms with Gasteiger partial charge in [-0.3, -0.25) is 9.69 Å². The van der Waals surface area contributed by atoms with Crippen LogP contribution in [0, 0.1) is 11.6 Å². The molecule has 1 aromatic rings. The van der Waals surface area contributed by atoms with Crippen molar-refractivity contribution in [2.75, 3.05) is 51.3 Å². The smallest absolute Gasteiger partial charge is 0.239 e. The third-order valence-corrected chi connectivity index (χ3v) is 3.22. The molecule has 1 aliphatic heterocycles. The summed E-state index contributed by atoms with van der Waals surface area (Å²) in [6, 6.07) is 3.19. The average molecular weight is 299 g/mol. The van der Waals surface area contributed by atoms with Crippen molar-refractivity contribution in [3.63, 3.8) is 0 Å². The van der Waals surface area contributed by atoms with Crippen molar-refractivity contribution < 1.29 is 18.3 Å². The molecule has 2 N–H and O–H groups in total. The number of amides is 1. The maximum atomic E-state index is 13.3. The van der Waals surface area contributed by atoms with Crippen LogP contribution in [0.5, 0.6) is 0 Å². The van der Waals surface area contributed by atoms with Gasteiger partial charge < -0.3 is 15.4 Å². The van der Waals surface area contributed by atoms with Crippen LogP contribution in [-0.4, -0.2) is 56.7 Å². The lowest BCUT2D eigenvalue weighted by Gasteiger charge is -2.26. The highest BCUT2D eigenvalue weighted by Crippen LogP contribution is 2.14. The molecule has 116 valence electrons. The van der Waals surface area contributed by atoms with E-state index in [0.717, 1.165) is 45.0 Å². The van der Waals surface area contributed by atoms with E-state index in [4.69, 9.17) is 4.74 Å². The van der Waals surface area contributed by atoms with Gasteiger partial charge in [0.25, 0.3) is 0 Å². The Morgan fingerprint density at radius 3 is 2.76 bits per heavy atom. The van der Waals surface area contributed by atoms with Crippen molar-refractivity contribution in [3.8, 4) is 0 Å². The van der Waals surface area contributed by atoms with Gasteiger partial charge in [0, 0.05) is 32.2 Å². The molecule has 0 bridgehead atoms. The number of ether oxygens (including phenoxy) is 1. The molecule has 0 radical (unpaired) electrons. The highest BCUT2D eigenvalue weighted by molar-refractivity contribution is 5.80. The molecule has 1 amide bonds. The van der Waals surface area contributed by atoms with Gasteiger partial charge in [0.05, 0.1) is 25.4 Å². The molecule has 0 atom stereocenters. The number of halogens is 2. The molecule has 1 aromatic carbocycles. The Bertz CT molecular complexity index is 479. The quantitative estimate of drug-likeness (QED) is 0.817. The lowest BCUT2D eigenvalue weighted by molar-refractivity contribution is -0.119. The summed E-state index contributed by atoms with van der Waals surface area (Å²) in [6.45, 7) is 4.43. The number of nitrogens with one attached hydrogen (secondary N) is 2. The molecule has 0 unspecified atom stereocenters. The highest BCUT2D eigenvalue weighted by atomic mass is 19.1. The first-order valence-electron chi connectivity index (χ1n) is 6.91. The highest BCUT2D eigenvalue weighted by Gasteiger charge is 2.10. The number of nitrogens with zero attached hydrogens (tertiary/aromatic N) is 1. The molecule has 1 aliphatic rings. The van der Waals surface area contributed by atoms with Crippen molar-refractivity contribution in [2.45, 2.75) is 0 Å². The van der Waals surface area contributed by atoms with E-state index in [9.17, 15) is 13.6 Å². The van der Waals surface area contributed by atoms with Gasteiger partial charge in [0.1, 0.15) is 11.6 Å². The Balaban J connectivity index is 1.65. The molecule has 7 heteroatoms. The number of carbonyl (C=O) groups excluding carboxylic acids is 1. The van der Waals surface area contributed by atoms with Gasteiger partial charge in [0.15, 0.2) is 0 Å². The van der Waals surface area contributed by atoms with E-state index in [1.807, 2.05) is 0 Å². The van der Waals surface area contributed by atoms with E-state index in [0.29, 0.717) is 6.54 Å². The predicted octanol–water partition coefficient (Wildman–Crippen LogP) is 0.825. The number of hydrogen-bond donors (Lipinski definition) is 2. The van der Waals surface area contributed by atoms with E-state index in [1.54, 1.807) is 0 Å². The minimum absolute atomic E-state index is 0.0499. The van der Waals surface area contributed by atoms with Crippen LogP contribution >= 0.6 is 0 Å². The minimum atomic E-state index is -0.712. The molecule has 5 nitrogen and oxygen atoms in total. The molecule has 21 heavy (non-hydrogen) atoms. The van der Waals surface area contributed by atoms with Crippen LogP contribution in [0.15, 0.2) is 18.2 Å². The largest absolute Gasteiger partial charge is 0.379 e. The van der Waals surface area contributed by atoms with E-state index < -0.39 is 11.6 Å². The Morgan fingerprint density at radius 1 is 1.29 bits per heavy atom. The molecule has 0 aliphatic carbocycles. The fourth-order valence-corrected chi connectivity index (χ4v) is 2.05. The van der Waals surface area contributed by atoms with Gasteiger partial charge >= 0.3 is 0 Å². The topological polar surface area (TPSA) is 53.6 Å². The first kappa shape index (κ1) is 15.7. The predicted molar refractivity (Wildman–Crippen MR) is 75.1 cm³/mol. The monoisotopic (exact) mass is 299 g/mol. The van der Waals surface area contributed by atoms with Crippen molar-refractivity contribution in [2.24, 2.45) is 0 Å². The summed E-state index contributed by atoms with van der Waals surface area (Å²) in [5.41, 5.74) is 0.111. The van der Waals surface area contributed by atoms with Gasteiger partial charge in [-0.15, -0.1) is 0 Å². The van der Waals surface area contributed by atoms with E-state index in [1.165, 1.54) is 6.07 Å². The molecule has 1 saturated heterocycles.